The lowest BCUT2D eigenvalue weighted by molar-refractivity contribution is 1.16. The highest BCUT2D eigenvalue weighted by Crippen LogP contribution is 2.39. The summed E-state index contributed by atoms with van der Waals surface area (Å²) in [6.45, 7) is 0. The lowest BCUT2D eigenvalue weighted by Gasteiger charge is -2.12. The van der Waals surface area contributed by atoms with E-state index in [1.54, 1.807) is 16.7 Å². The van der Waals surface area contributed by atoms with E-state index in [1.165, 1.54) is 0 Å². The molecule has 0 aliphatic rings. The molecular weight excluding hydrogens is 619 g/mol. The van der Waals surface area contributed by atoms with Crippen molar-refractivity contribution in [1.29, 1.82) is 0 Å². The van der Waals surface area contributed by atoms with Crippen molar-refractivity contribution in [2.75, 3.05) is 0 Å². The molecule has 51 heavy (non-hydrogen) atoms. The molecule has 0 bridgehead atoms. The molecule has 0 saturated heterocycles. The zero-order chi connectivity index (χ0) is 41.3. The van der Waals surface area contributed by atoms with Gasteiger partial charge in [0.1, 0.15) is 0 Å². The Morgan fingerprint density at radius 3 is 1.35 bits per heavy atom. The quantitative estimate of drug-likeness (QED) is 0.179. The summed E-state index contributed by atoms with van der Waals surface area (Å²) in [6.07, 6.45) is 0. The van der Waals surface area contributed by atoms with E-state index in [-0.39, 0.29) is 46.0 Å². The van der Waals surface area contributed by atoms with E-state index in [4.69, 9.17) is 12.3 Å². The Bertz CT molecular complexity index is 3580. The fourth-order valence-electron chi connectivity index (χ4n) is 7.84. The van der Waals surface area contributed by atoms with E-state index in [1.807, 2.05) is 54.6 Å². The van der Waals surface area contributed by atoms with Crippen LogP contribution in [-0.2, 0) is 0 Å². The van der Waals surface area contributed by atoms with E-state index >= 15 is 0 Å². The fourth-order valence-corrected chi connectivity index (χ4v) is 7.84. The number of hydrogen-bond acceptors (Lipinski definition) is 0. The van der Waals surface area contributed by atoms with Crippen molar-refractivity contribution in [2.45, 2.75) is 0 Å². The second kappa shape index (κ2) is 10.8. The lowest BCUT2D eigenvalue weighted by atomic mass is 10.1. The Hall–Kier alpha value is -6.84. The van der Waals surface area contributed by atoms with Gasteiger partial charge in [-0.15, -0.1) is 0 Å². The molecule has 8 aromatic carbocycles. The van der Waals surface area contributed by atoms with Crippen LogP contribution >= 0.6 is 0 Å². The molecule has 0 N–H and O–H groups in total. The highest BCUT2D eigenvalue weighted by molar-refractivity contribution is 6.14. The largest absolute Gasteiger partial charge is 0.309 e. The van der Waals surface area contributed by atoms with Crippen molar-refractivity contribution in [3.63, 3.8) is 0 Å². The van der Waals surface area contributed by atoms with E-state index in [0.29, 0.717) is 11.7 Å². The van der Waals surface area contributed by atoms with Crippen molar-refractivity contribution in [2.24, 2.45) is 0 Å². The third-order valence-electron chi connectivity index (χ3n) is 10.0. The highest BCUT2D eigenvalue weighted by Gasteiger charge is 2.18. The van der Waals surface area contributed by atoms with Gasteiger partial charge in [0, 0.05) is 49.4 Å². The first kappa shape index (κ1) is 20.6. The Labute approximate surface area is 307 Å². The molecule has 0 amide bonds. The van der Waals surface area contributed by atoms with Crippen LogP contribution in [0.4, 0.5) is 0 Å². The molecular formula is C48H31N3. The molecule has 0 unspecified atom stereocenters. The maximum Gasteiger partial charge on any atom is 0.0645 e. The molecule has 238 valence electrons. The predicted molar refractivity (Wildman–Crippen MR) is 215 cm³/mol. The summed E-state index contributed by atoms with van der Waals surface area (Å²) in [7, 11) is 0. The molecule has 11 aromatic rings. The summed E-state index contributed by atoms with van der Waals surface area (Å²) in [5.74, 6) is 0. The Morgan fingerprint density at radius 2 is 0.765 bits per heavy atom. The second-order valence-electron chi connectivity index (χ2n) is 12.7. The van der Waals surface area contributed by atoms with Gasteiger partial charge in [-0.1, -0.05) is 115 Å². The minimum absolute atomic E-state index is 0.0486. The molecule has 0 radical (unpaired) electrons. The second-order valence-corrected chi connectivity index (χ2v) is 12.7. The molecule has 11 rings (SSSR count). The van der Waals surface area contributed by atoms with Crippen molar-refractivity contribution < 1.29 is 12.3 Å². The number of aromatic nitrogens is 3. The van der Waals surface area contributed by atoms with Gasteiger partial charge in [0.15, 0.2) is 0 Å². The molecule has 0 saturated carbocycles. The minimum Gasteiger partial charge on any atom is -0.309 e. The van der Waals surface area contributed by atoms with Crippen LogP contribution < -0.4 is 0 Å². The Balaban J connectivity index is 1.15. The third-order valence-corrected chi connectivity index (χ3v) is 10.0. The normalized spacial score (nSPS) is 14.4. The van der Waals surface area contributed by atoms with Crippen LogP contribution in [0.3, 0.4) is 0 Å². The molecule has 0 atom stereocenters. The van der Waals surface area contributed by atoms with Gasteiger partial charge in [0.05, 0.1) is 45.4 Å². The van der Waals surface area contributed by atoms with Crippen molar-refractivity contribution in [3.8, 4) is 28.2 Å². The number of hydrogen-bond donors (Lipinski definition) is 0. The van der Waals surface area contributed by atoms with Crippen LogP contribution in [0.25, 0.3) is 93.6 Å². The monoisotopic (exact) mass is 658 g/mol. The third kappa shape index (κ3) is 4.12. The van der Waals surface area contributed by atoms with Crippen LogP contribution in [-0.4, -0.2) is 13.7 Å². The van der Waals surface area contributed by atoms with Gasteiger partial charge in [0.2, 0.25) is 0 Å². The van der Waals surface area contributed by atoms with E-state index in [0.717, 1.165) is 66.1 Å². The number of nitrogens with zero attached hydrogens (tertiary/aromatic N) is 3. The van der Waals surface area contributed by atoms with Crippen LogP contribution in [0.15, 0.2) is 188 Å². The highest BCUT2D eigenvalue weighted by atomic mass is 15.0. The molecule has 0 aliphatic heterocycles. The SMILES string of the molecule is [2H]c1ccc(-c2cccc(-n3c4ccccc4c4cc(-n5c6ccccc6c6cc(-n7c8c([2H])c([2H])c([2H])c([2H])c8c8c([2H])c([2H])c([2H])c([2H])c87)ccc65)ccc43)c2)cc1. The molecule has 0 spiro atoms. The van der Waals surface area contributed by atoms with Crippen molar-refractivity contribution in [3.05, 3.63) is 188 Å². The van der Waals surface area contributed by atoms with Gasteiger partial charge < -0.3 is 13.7 Å². The summed E-state index contributed by atoms with van der Waals surface area (Å²) >= 11 is 0. The summed E-state index contributed by atoms with van der Waals surface area (Å²) in [6, 6.07) is 41.9. The average Bonchev–Trinajstić information content (AvgIpc) is 3.92. The minimum atomic E-state index is -0.470. The van der Waals surface area contributed by atoms with Crippen LogP contribution in [0.2, 0.25) is 0 Å². The number of rotatable bonds is 4. The fraction of sp³-hybridized carbons (Fsp3) is 0. The van der Waals surface area contributed by atoms with Crippen LogP contribution in [0.1, 0.15) is 12.3 Å². The summed E-state index contributed by atoms with van der Waals surface area (Å²) in [5.41, 5.74) is 8.67. The number of fused-ring (bicyclic) bond motifs is 9. The summed E-state index contributed by atoms with van der Waals surface area (Å²) < 4.78 is 83.7. The summed E-state index contributed by atoms with van der Waals surface area (Å²) in [5, 5.41) is 4.07. The Kier molecular flexibility index (Phi) is 4.38. The maximum atomic E-state index is 9.00. The van der Waals surface area contributed by atoms with E-state index < -0.39 is 24.2 Å². The van der Waals surface area contributed by atoms with Gasteiger partial charge in [0.25, 0.3) is 0 Å². The van der Waals surface area contributed by atoms with Gasteiger partial charge >= 0.3 is 0 Å². The predicted octanol–water partition coefficient (Wildman–Crippen LogP) is 12.6. The maximum absolute atomic E-state index is 9.00. The van der Waals surface area contributed by atoms with Gasteiger partial charge in [-0.05, 0) is 83.9 Å². The molecule has 3 heteroatoms. The molecule has 0 fully saturated rings. The van der Waals surface area contributed by atoms with Crippen LogP contribution in [0, 0.1) is 0 Å². The topological polar surface area (TPSA) is 14.8 Å². The molecule has 3 heterocycles. The van der Waals surface area contributed by atoms with Crippen LogP contribution in [0.5, 0.6) is 0 Å². The smallest absolute Gasteiger partial charge is 0.0645 e. The number of para-hydroxylation sites is 4. The Morgan fingerprint density at radius 1 is 0.294 bits per heavy atom. The van der Waals surface area contributed by atoms with Crippen molar-refractivity contribution in [1.82, 2.24) is 13.7 Å². The summed E-state index contributed by atoms with van der Waals surface area (Å²) in [4.78, 5) is 0. The zero-order valence-electron chi connectivity index (χ0n) is 36.0. The molecule has 3 aromatic heterocycles. The van der Waals surface area contributed by atoms with Gasteiger partial charge in [-0.2, -0.15) is 0 Å². The molecule has 0 aliphatic carbocycles. The van der Waals surface area contributed by atoms with E-state index in [2.05, 4.69) is 75.9 Å². The van der Waals surface area contributed by atoms with E-state index in [9.17, 15) is 0 Å². The van der Waals surface area contributed by atoms with Crippen molar-refractivity contribution >= 4 is 65.4 Å². The van der Waals surface area contributed by atoms with Gasteiger partial charge in [-0.3, -0.25) is 0 Å². The average molecular weight is 659 g/mol. The number of benzene rings is 8. The lowest BCUT2D eigenvalue weighted by Crippen LogP contribution is -1.97. The first-order valence-electron chi connectivity index (χ1n) is 21.3. The zero-order valence-corrected chi connectivity index (χ0v) is 27.0. The first-order chi connectivity index (χ1) is 29.0. The molecule has 3 nitrogen and oxygen atoms in total. The van der Waals surface area contributed by atoms with Gasteiger partial charge in [-0.25, -0.2) is 0 Å². The standard InChI is InChI=1S/C48H31N3/c1-2-13-32(14-3-1)33-15-12-16-34(29-33)49-45-23-10-6-19-39(45)41-31-36(26-27-47(41)49)51-46-24-11-7-20-40(46)42-30-35(25-28-48(42)51)50-43-21-8-4-17-37(43)38-18-5-9-22-44(38)50/h1-31H/i1D,4D,5D,8D,9D,17D,18D,21D,22D. The first-order valence-corrected chi connectivity index (χ1v) is 16.8.